The standard InChI is InChI=1S/C49H55ClN8O10/c1-51-44(60)30-68-42-27-33-25-35(7-12-40(33)56(2)48(42)63)53-45-39(50)28-52-49(55-45)57-17-15-32(16-18-57)31-5-8-36(9-6-31)66-22-4-21-64-19-3-20-65-23-24-67-37-10-11-38-34(26-37)29-58(47(38)62)41-13-14-43(59)54-46(41)61/h5-12,25-28,32,41H,3-4,13-24,29-30H2,1-2H3,(H,51,60)(H,52,53,55)(H,54,59,61). The molecule has 18 nitrogen and oxygen atoms in total. The van der Waals surface area contributed by atoms with E-state index in [0.29, 0.717) is 97.8 Å². The van der Waals surface area contributed by atoms with Crippen molar-refractivity contribution in [2.45, 2.75) is 57.0 Å². The number of imide groups is 1. The number of fused-ring (bicyclic) bond motifs is 2. The van der Waals surface area contributed by atoms with Gasteiger partial charge in [0.05, 0.1) is 24.9 Å². The van der Waals surface area contributed by atoms with E-state index in [1.807, 2.05) is 36.4 Å². The summed E-state index contributed by atoms with van der Waals surface area (Å²) in [5.74, 6) is 1.68. The van der Waals surface area contributed by atoms with Crippen molar-refractivity contribution in [3.63, 3.8) is 0 Å². The van der Waals surface area contributed by atoms with Crippen molar-refractivity contribution < 1.29 is 42.9 Å². The third-order valence-corrected chi connectivity index (χ3v) is 12.5. The van der Waals surface area contributed by atoms with Gasteiger partial charge >= 0.3 is 0 Å². The smallest absolute Gasteiger partial charge is 0.293 e. The van der Waals surface area contributed by atoms with Gasteiger partial charge in [0, 0.05) is 83.0 Å². The summed E-state index contributed by atoms with van der Waals surface area (Å²) in [5, 5.41) is 9.21. The van der Waals surface area contributed by atoms with Gasteiger partial charge in [-0.25, -0.2) is 4.98 Å². The molecule has 1 unspecified atom stereocenters. The maximum atomic E-state index is 12.9. The Bertz CT molecular complexity index is 2690. The first-order valence-electron chi connectivity index (χ1n) is 22.8. The molecule has 2 saturated heterocycles. The summed E-state index contributed by atoms with van der Waals surface area (Å²) in [7, 11) is 3.16. The zero-order chi connectivity index (χ0) is 47.6. The van der Waals surface area contributed by atoms with Crippen LogP contribution in [0.2, 0.25) is 5.02 Å². The molecule has 0 bridgehead atoms. The van der Waals surface area contributed by atoms with E-state index in [2.05, 4.69) is 38.0 Å². The van der Waals surface area contributed by atoms with Crippen molar-refractivity contribution in [2.24, 2.45) is 7.05 Å². The van der Waals surface area contributed by atoms with Gasteiger partial charge in [-0.3, -0.25) is 29.3 Å². The van der Waals surface area contributed by atoms with Crippen LogP contribution in [0.3, 0.4) is 0 Å². The molecule has 8 rings (SSSR count). The van der Waals surface area contributed by atoms with Gasteiger partial charge in [-0.15, -0.1) is 0 Å². The fourth-order valence-electron chi connectivity index (χ4n) is 8.51. The normalized spacial score (nSPS) is 16.2. The zero-order valence-corrected chi connectivity index (χ0v) is 38.8. The molecule has 0 aliphatic carbocycles. The Morgan fingerprint density at radius 1 is 0.838 bits per heavy atom. The summed E-state index contributed by atoms with van der Waals surface area (Å²) in [5.41, 5.74) is 3.68. The highest BCUT2D eigenvalue weighted by molar-refractivity contribution is 6.33. The number of nitrogens with one attached hydrogen (secondary N) is 3. The highest BCUT2D eigenvalue weighted by Gasteiger charge is 2.39. The largest absolute Gasteiger partial charge is 0.494 e. The lowest BCUT2D eigenvalue weighted by Crippen LogP contribution is -2.52. The summed E-state index contributed by atoms with van der Waals surface area (Å²) in [6, 6.07) is 20.1. The van der Waals surface area contributed by atoms with Gasteiger partial charge in [-0.05, 0) is 97.3 Å². The minimum atomic E-state index is -0.647. The molecule has 0 saturated carbocycles. The minimum Gasteiger partial charge on any atom is -0.494 e. The van der Waals surface area contributed by atoms with Crippen LogP contribution in [-0.2, 0) is 37.4 Å². The van der Waals surface area contributed by atoms with Crippen LogP contribution in [0.5, 0.6) is 17.2 Å². The summed E-state index contributed by atoms with van der Waals surface area (Å²) < 4.78 is 30.3. The summed E-state index contributed by atoms with van der Waals surface area (Å²) >= 11 is 6.55. The predicted molar refractivity (Wildman–Crippen MR) is 254 cm³/mol. The molecule has 0 radical (unpaired) electrons. The Balaban J connectivity index is 0.689. The Kier molecular flexibility index (Phi) is 15.7. The first-order valence-corrected chi connectivity index (χ1v) is 23.2. The van der Waals surface area contributed by atoms with E-state index in [4.69, 9.17) is 40.3 Å². The van der Waals surface area contributed by atoms with Gasteiger partial charge in [-0.2, -0.15) is 4.98 Å². The minimum absolute atomic E-state index is 0.0755. The van der Waals surface area contributed by atoms with Gasteiger partial charge in [0.15, 0.2) is 18.2 Å². The number of ether oxygens (including phenoxy) is 5. The number of aryl methyl sites for hydroxylation is 1. The average molecular weight is 951 g/mol. The maximum Gasteiger partial charge on any atom is 0.293 e. The van der Waals surface area contributed by atoms with Crippen molar-refractivity contribution in [1.29, 1.82) is 0 Å². The number of piperidine rings is 2. The topological polar surface area (TPSA) is 205 Å². The quantitative estimate of drug-likeness (QED) is 0.0634. The van der Waals surface area contributed by atoms with E-state index < -0.39 is 11.9 Å². The first-order chi connectivity index (χ1) is 33.0. The van der Waals surface area contributed by atoms with E-state index in [1.165, 1.54) is 22.1 Å². The van der Waals surface area contributed by atoms with Crippen LogP contribution in [0.4, 0.5) is 17.5 Å². The van der Waals surface area contributed by atoms with E-state index in [9.17, 15) is 24.0 Å². The molecule has 2 aromatic heterocycles. The molecule has 358 valence electrons. The highest BCUT2D eigenvalue weighted by Crippen LogP contribution is 2.34. The summed E-state index contributed by atoms with van der Waals surface area (Å²) in [6.07, 6.45) is 5.53. The number of hydrogen-bond donors (Lipinski definition) is 3. The number of carbonyl (C=O) groups excluding carboxylic acids is 4. The van der Waals surface area contributed by atoms with Crippen molar-refractivity contribution >= 4 is 63.6 Å². The lowest BCUT2D eigenvalue weighted by molar-refractivity contribution is -0.137. The van der Waals surface area contributed by atoms with Crippen LogP contribution in [0.1, 0.15) is 65.9 Å². The van der Waals surface area contributed by atoms with E-state index in [0.717, 1.165) is 55.5 Å². The Morgan fingerprint density at radius 2 is 1.57 bits per heavy atom. The number of halogens is 1. The molecule has 2 fully saturated rings. The fraction of sp³-hybridized carbons (Fsp3) is 0.408. The lowest BCUT2D eigenvalue weighted by Gasteiger charge is -2.32. The highest BCUT2D eigenvalue weighted by atomic mass is 35.5. The molecule has 5 aromatic rings. The van der Waals surface area contributed by atoms with E-state index in [-0.39, 0.29) is 42.1 Å². The van der Waals surface area contributed by atoms with Crippen LogP contribution in [0, 0.1) is 0 Å². The molecule has 3 aliphatic rings. The number of carbonyl (C=O) groups is 4. The number of hydrogen-bond acceptors (Lipinski definition) is 14. The fourth-order valence-corrected chi connectivity index (χ4v) is 8.65. The van der Waals surface area contributed by atoms with Gasteiger partial charge < -0.3 is 48.7 Å². The van der Waals surface area contributed by atoms with Crippen LogP contribution in [0.15, 0.2) is 77.7 Å². The third kappa shape index (κ3) is 11.7. The summed E-state index contributed by atoms with van der Waals surface area (Å²) in [4.78, 5) is 74.2. The molecular weight excluding hydrogens is 896 g/mol. The van der Waals surface area contributed by atoms with Gasteiger partial charge in [-0.1, -0.05) is 23.7 Å². The maximum absolute atomic E-state index is 12.9. The Hall–Kier alpha value is -6.76. The van der Waals surface area contributed by atoms with Crippen LogP contribution >= 0.6 is 11.6 Å². The number of nitrogens with zero attached hydrogens (tertiary/aromatic N) is 5. The average Bonchev–Trinajstić information content (AvgIpc) is 3.67. The van der Waals surface area contributed by atoms with Crippen molar-refractivity contribution in [2.75, 3.05) is 76.6 Å². The molecule has 5 heterocycles. The molecule has 3 aromatic carbocycles. The Labute approximate surface area is 398 Å². The predicted octanol–water partition coefficient (Wildman–Crippen LogP) is 5.27. The molecule has 4 amide bonds. The van der Waals surface area contributed by atoms with Gasteiger partial charge in [0.2, 0.25) is 17.8 Å². The second-order valence-corrected chi connectivity index (χ2v) is 17.2. The van der Waals surface area contributed by atoms with Crippen LogP contribution in [-0.4, -0.2) is 115 Å². The molecule has 3 N–H and O–H groups in total. The second kappa shape index (κ2) is 22.4. The van der Waals surface area contributed by atoms with Gasteiger partial charge in [0.25, 0.3) is 17.4 Å². The van der Waals surface area contributed by atoms with Crippen molar-refractivity contribution in [1.82, 2.24) is 30.1 Å². The lowest BCUT2D eigenvalue weighted by atomic mass is 9.89. The number of anilines is 3. The molecule has 68 heavy (non-hydrogen) atoms. The molecule has 0 spiro atoms. The van der Waals surface area contributed by atoms with Crippen LogP contribution in [0.25, 0.3) is 10.9 Å². The number of aromatic nitrogens is 3. The monoisotopic (exact) mass is 950 g/mol. The SMILES string of the molecule is CNC(=O)COc1cc2cc(Nc3nc(N4CCC(c5ccc(OCCCOCCCOCCOc6ccc7c(c6)CN(C6CCC(=O)NC6=O)C7=O)cc5)CC4)ncc3Cl)ccc2n(C)c1=O. The molecule has 1 atom stereocenters. The molecular formula is C49H55ClN8O10. The van der Waals surface area contributed by atoms with Crippen molar-refractivity contribution in [3.8, 4) is 17.2 Å². The molecule has 19 heteroatoms. The number of likely N-dealkylation sites (N-methyl/N-ethyl adjacent to an activating group) is 1. The second-order valence-electron chi connectivity index (χ2n) is 16.8. The number of rotatable bonds is 21. The molecule has 3 aliphatic heterocycles. The zero-order valence-electron chi connectivity index (χ0n) is 38.1. The number of amides is 4. The Morgan fingerprint density at radius 3 is 2.34 bits per heavy atom. The van der Waals surface area contributed by atoms with E-state index in [1.54, 1.807) is 31.4 Å². The van der Waals surface area contributed by atoms with Crippen LogP contribution < -0.4 is 40.6 Å². The number of pyridine rings is 1. The van der Waals surface area contributed by atoms with Gasteiger partial charge in [0.1, 0.15) is 29.2 Å². The van der Waals surface area contributed by atoms with E-state index >= 15 is 0 Å². The summed E-state index contributed by atoms with van der Waals surface area (Å²) in [6.45, 7) is 4.62. The number of benzene rings is 3. The third-order valence-electron chi connectivity index (χ3n) is 12.2. The van der Waals surface area contributed by atoms with Crippen molar-refractivity contribution in [3.05, 3.63) is 105 Å². The first kappa shape index (κ1) is 47.7.